The SMILES string of the molecule is CC(C)(c1ccc(O)cc1)c1cccnc1.Cl. The summed E-state index contributed by atoms with van der Waals surface area (Å²) in [5.41, 5.74) is 2.24. The van der Waals surface area contributed by atoms with Crippen molar-refractivity contribution in [2.75, 3.05) is 0 Å². The average Bonchev–Trinajstić information content (AvgIpc) is 2.31. The fraction of sp³-hybridized carbons (Fsp3) is 0.214. The number of halogens is 1. The predicted octanol–water partition coefficient (Wildman–Crippen LogP) is 3.53. The molecule has 1 aromatic carbocycles. The van der Waals surface area contributed by atoms with Crippen LogP contribution >= 0.6 is 12.4 Å². The van der Waals surface area contributed by atoms with Gasteiger partial charge < -0.3 is 5.11 Å². The van der Waals surface area contributed by atoms with E-state index in [1.165, 1.54) is 11.1 Å². The molecule has 2 aromatic rings. The van der Waals surface area contributed by atoms with Crippen LogP contribution in [0.3, 0.4) is 0 Å². The van der Waals surface area contributed by atoms with Gasteiger partial charge in [0.15, 0.2) is 0 Å². The molecule has 0 unspecified atom stereocenters. The molecule has 1 heterocycles. The third-order valence-electron chi connectivity index (χ3n) is 2.97. The molecule has 0 saturated heterocycles. The molecule has 0 spiro atoms. The maximum absolute atomic E-state index is 9.28. The van der Waals surface area contributed by atoms with E-state index >= 15 is 0 Å². The molecular formula is C14H16ClNO. The van der Waals surface area contributed by atoms with Crippen LogP contribution in [0.5, 0.6) is 5.75 Å². The molecule has 1 N–H and O–H groups in total. The van der Waals surface area contributed by atoms with Gasteiger partial charge in [-0.25, -0.2) is 0 Å². The molecule has 0 aliphatic rings. The van der Waals surface area contributed by atoms with Crippen LogP contribution in [0.2, 0.25) is 0 Å². The third kappa shape index (κ3) is 2.77. The predicted molar refractivity (Wildman–Crippen MR) is 71.7 cm³/mol. The molecule has 3 heteroatoms. The molecule has 2 rings (SSSR count). The molecule has 90 valence electrons. The Hall–Kier alpha value is -1.54. The van der Waals surface area contributed by atoms with Crippen molar-refractivity contribution in [3.8, 4) is 5.75 Å². The van der Waals surface area contributed by atoms with E-state index in [1.807, 2.05) is 24.4 Å². The first-order valence-corrected chi connectivity index (χ1v) is 5.31. The molecule has 2 nitrogen and oxygen atoms in total. The summed E-state index contributed by atoms with van der Waals surface area (Å²) in [5.74, 6) is 0.297. The van der Waals surface area contributed by atoms with Gasteiger partial charge in [-0.1, -0.05) is 32.0 Å². The molecule has 0 atom stereocenters. The van der Waals surface area contributed by atoms with Crippen molar-refractivity contribution in [2.45, 2.75) is 19.3 Å². The van der Waals surface area contributed by atoms with Gasteiger partial charge in [0.05, 0.1) is 0 Å². The summed E-state index contributed by atoms with van der Waals surface area (Å²) in [5, 5.41) is 9.28. The Morgan fingerprint density at radius 1 is 1.00 bits per heavy atom. The first-order valence-electron chi connectivity index (χ1n) is 5.31. The summed E-state index contributed by atoms with van der Waals surface area (Å²) in [7, 11) is 0. The average molecular weight is 250 g/mol. The number of pyridine rings is 1. The minimum absolute atomic E-state index is 0. The first-order chi connectivity index (χ1) is 7.60. The van der Waals surface area contributed by atoms with Crippen LogP contribution in [0, 0.1) is 0 Å². The second kappa shape index (κ2) is 5.19. The van der Waals surface area contributed by atoms with E-state index in [2.05, 4.69) is 24.9 Å². The Labute approximate surface area is 108 Å². The topological polar surface area (TPSA) is 33.1 Å². The molecule has 0 fully saturated rings. The normalized spacial score (nSPS) is 10.7. The van der Waals surface area contributed by atoms with Gasteiger partial charge >= 0.3 is 0 Å². The van der Waals surface area contributed by atoms with Gasteiger partial charge in [0, 0.05) is 17.8 Å². The third-order valence-corrected chi connectivity index (χ3v) is 2.97. The second-order valence-electron chi connectivity index (χ2n) is 4.41. The summed E-state index contributed by atoms with van der Waals surface area (Å²) in [6.45, 7) is 4.30. The largest absolute Gasteiger partial charge is 0.508 e. The lowest BCUT2D eigenvalue weighted by molar-refractivity contribution is 0.474. The van der Waals surface area contributed by atoms with Crippen molar-refractivity contribution >= 4 is 12.4 Å². The molecule has 0 radical (unpaired) electrons. The first kappa shape index (κ1) is 13.5. The molecule has 0 amide bonds. The highest BCUT2D eigenvalue weighted by atomic mass is 35.5. The fourth-order valence-electron chi connectivity index (χ4n) is 1.78. The van der Waals surface area contributed by atoms with Crippen LogP contribution in [-0.4, -0.2) is 10.1 Å². The van der Waals surface area contributed by atoms with Crippen molar-refractivity contribution in [1.29, 1.82) is 0 Å². The Morgan fingerprint density at radius 3 is 2.18 bits per heavy atom. The standard InChI is InChI=1S/C14H15NO.ClH/c1-14(2,12-4-3-9-15-10-12)11-5-7-13(16)8-6-11;/h3-10,16H,1-2H3;1H. The quantitative estimate of drug-likeness (QED) is 0.883. The van der Waals surface area contributed by atoms with Crippen molar-refractivity contribution in [3.63, 3.8) is 0 Å². The maximum atomic E-state index is 9.28. The second-order valence-corrected chi connectivity index (χ2v) is 4.41. The van der Waals surface area contributed by atoms with Crippen molar-refractivity contribution < 1.29 is 5.11 Å². The molecule has 0 aliphatic carbocycles. The van der Waals surface area contributed by atoms with Gasteiger partial charge in [0.2, 0.25) is 0 Å². The lowest BCUT2D eigenvalue weighted by Gasteiger charge is -2.25. The zero-order chi connectivity index (χ0) is 11.6. The van der Waals surface area contributed by atoms with Crippen LogP contribution in [0.1, 0.15) is 25.0 Å². The highest BCUT2D eigenvalue weighted by molar-refractivity contribution is 5.85. The number of nitrogens with zero attached hydrogens (tertiary/aromatic N) is 1. The van der Waals surface area contributed by atoms with Crippen molar-refractivity contribution in [1.82, 2.24) is 4.98 Å². The van der Waals surface area contributed by atoms with E-state index in [0.29, 0.717) is 5.75 Å². The van der Waals surface area contributed by atoms with Gasteiger partial charge in [-0.2, -0.15) is 0 Å². The molecule has 0 bridgehead atoms. The van der Waals surface area contributed by atoms with Gasteiger partial charge in [0.25, 0.3) is 0 Å². The van der Waals surface area contributed by atoms with Gasteiger partial charge in [-0.15, -0.1) is 12.4 Å². The van der Waals surface area contributed by atoms with E-state index in [1.54, 1.807) is 18.3 Å². The minimum Gasteiger partial charge on any atom is -0.508 e. The summed E-state index contributed by atoms with van der Waals surface area (Å²) >= 11 is 0. The van der Waals surface area contributed by atoms with Crippen molar-refractivity contribution in [3.05, 3.63) is 59.9 Å². The van der Waals surface area contributed by atoms with Gasteiger partial charge in [-0.3, -0.25) is 4.98 Å². The van der Waals surface area contributed by atoms with Crippen molar-refractivity contribution in [2.24, 2.45) is 0 Å². The molecule has 1 aromatic heterocycles. The van der Waals surface area contributed by atoms with Crippen LogP contribution in [0.4, 0.5) is 0 Å². The monoisotopic (exact) mass is 249 g/mol. The van der Waals surface area contributed by atoms with Crippen LogP contribution in [0.15, 0.2) is 48.8 Å². The Morgan fingerprint density at radius 2 is 1.65 bits per heavy atom. The minimum atomic E-state index is -0.0953. The Bertz CT molecular complexity index is 465. The summed E-state index contributed by atoms with van der Waals surface area (Å²) in [4.78, 5) is 4.14. The molecular weight excluding hydrogens is 234 g/mol. The maximum Gasteiger partial charge on any atom is 0.115 e. The number of phenolic OH excluding ortho intramolecular Hbond substituents is 1. The van der Waals surface area contributed by atoms with Crippen LogP contribution in [0.25, 0.3) is 0 Å². The van der Waals surface area contributed by atoms with E-state index < -0.39 is 0 Å². The lowest BCUT2D eigenvalue weighted by Crippen LogP contribution is -2.18. The number of aromatic nitrogens is 1. The van der Waals surface area contributed by atoms with E-state index in [-0.39, 0.29) is 17.8 Å². The number of rotatable bonds is 2. The van der Waals surface area contributed by atoms with E-state index in [4.69, 9.17) is 0 Å². The molecule has 17 heavy (non-hydrogen) atoms. The highest BCUT2D eigenvalue weighted by Gasteiger charge is 2.22. The number of benzene rings is 1. The zero-order valence-electron chi connectivity index (χ0n) is 9.92. The molecule has 0 aliphatic heterocycles. The number of hydrogen-bond donors (Lipinski definition) is 1. The molecule has 0 saturated carbocycles. The number of phenols is 1. The Kier molecular flexibility index (Phi) is 4.13. The smallest absolute Gasteiger partial charge is 0.115 e. The van der Waals surface area contributed by atoms with Gasteiger partial charge in [0.1, 0.15) is 5.75 Å². The van der Waals surface area contributed by atoms with Crippen LogP contribution < -0.4 is 0 Å². The number of aromatic hydroxyl groups is 1. The van der Waals surface area contributed by atoms with Gasteiger partial charge in [-0.05, 0) is 29.3 Å². The summed E-state index contributed by atoms with van der Waals surface area (Å²) in [6, 6.07) is 11.3. The van der Waals surface area contributed by atoms with E-state index in [0.717, 1.165) is 0 Å². The fourth-order valence-corrected chi connectivity index (χ4v) is 1.78. The number of hydrogen-bond acceptors (Lipinski definition) is 2. The highest BCUT2D eigenvalue weighted by Crippen LogP contribution is 2.31. The van der Waals surface area contributed by atoms with E-state index in [9.17, 15) is 5.11 Å². The summed E-state index contributed by atoms with van der Waals surface area (Å²) in [6.07, 6.45) is 3.66. The Balaban J connectivity index is 0.00000144. The summed E-state index contributed by atoms with van der Waals surface area (Å²) < 4.78 is 0. The lowest BCUT2D eigenvalue weighted by atomic mass is 9.79. The zero-order valence-corrected chi connectivity index (χ0v) is 10.7. The van der Waals surface area contributed by atoms with Crippen LogP contribution in [-0.2, 0) is 5.41 Å².